The van der Waals surface area contributed by atoms with E-state index in [0.29, 0.717) is 25.7 Å². The SMILES string of the molecule is CCCCC[C@H](O)/C=C/[C@@H]1[C@@H](CCCCCCC(=O)O[C@@H](CO)COC(=O)CCCCCCCCCCCCC(C)CC)[C@@H](O)C[C@H]1O. The van der Waals surface area contributed by atoms with Crippen LogP contribution in [0.25, 0.3) is 0 Å². The van der Waals surface area contributed by atoms with Crippen molar-refractivity contribution in [1.29, 1.82) is 0 Å². The van der Waals surface area contributed by atoms with E-state index in [9.17, 15) is 30.0 Å². The largest absolute Gasteiger partial charge is 0.462 e. The molecule has 1 aliphatic carbocycles. The Hall–Kier alpha value is -1.48. The van der Waals surface area contributed by atoms with Gasteiger partial charge in [0.15, 0.2) is 6.10 Å². The van der Waals surface area contributed by atoms with Crippen molar-refractivity contribution in [2.75, 3.05) is 13.2 Å². The van der Waals surface area contributed by atoms with Crippen molar-refractivity contribution in [3.63, 3.8) is 0 Å². The molecule has 0 aliphatic heterocycles. The molecule has 0 aromatic rings. The van der Waals surface area contributed by atoms with Gasteiger partial charge in [0.05, 0.1) is 24.9 Å². The van der Waals surface area contributed by atoms with Crippen molar-refractivity contribution in [3.8, 4) is 0 Å². The summed E-state index contributed by atoms with van der Waals surface area (Å²) in [7, 11) is 0. The van der Waals surface area contributed by atoms with Crippen LogP contribution >= 0.6 is 0 Å². The molecule has 1 fully saturated rings. The Kier molecular flexibility index (Phi) is 27.2. The summed E-state index contributed by atoms with van der Waals surface area (Å²) in [5.74, 6) is -0.0539. The third-order valence-corrected chi connectivity index (χ3v) is 10.2. The standard InChI is InChI=1S/C40H74O8/c1-4-6-17-23-33(42)27-28-36-35(37(43)29-38(36)44)24-19-15-16-21-26-40(46)48-34(30-41)31-47-39(45)25-20-14-12-10-8-7-9-11-13-18-22-32(3)5-2/h27-28,32-38,41-44H,4-26,29-31H2,1-3H3/b28-27+/t32?,33-,34-,35+,36+,37-,38+/m0/s1. The summed E-state index contributed by atoms with van der Waals surface area (Å²) in [6.07, 6.45) is 24.7. The molecule has 0 aromatic heterocycles. The maximum absolute atomic E-state index is 12.3. The Balaban J connectivity index is 2.09. The number of rotatable bonds is 31. The lowest BCUT2D eigenvalue weighted by atomic mass is 9.88. The summed E-state index contributed by atoms with van der Waals surface area (Å²) in [6, 6.07) is 0. The summed E-state index contributed by atoms with van der Waals surface area (Å²) in [4.78, 5) is 24.4. The van der Waals surface area contributed by atoms with Gasteiger partial charge in [-0.3, -0.25) is 9.59 Å². The first-order valence-electron chi connectivity index (χ1n) is 19.9. The van der Waals surface area contributed by atoms with Crippen LogP contribution in [-0.2, 0) is 19.1 Å². The molecule has 1 saturated carbocycles. The Morgan fingerprint density at radius 1 is 0.750 bits per heavy atom. The average molecular weight is 683 g/mol. The highest BCUT2D eigenvalue weighted by molar-refractivity contribution is 5.70. The number of hydrogen-bond donors (Lipinski definition) is 4. The van der Waals surface area contributed by atoms with E-state index in [1.807, 2.05) is 6.08 Å². The van der Waals surface area contributed by atoms with Gasteiger partial charge in [-0.05, 0) is 37.5 Å². The van der Waals surface area contributed by atoms with Crippen LogP contribution in [0.5, 0.6) is 0 Å². The highest BCUT2D eigenvalue weighted by Crippen LogP contribution is 2.37. The van der Waals surface area contributed by atoms with Gasteiger partial charge in [-0.2, -0.15) is 0 Å². The summed E-state index contributed by atoms with van der Waals surface area (Å²) in [5.41, 5.74) is 0. The second-order valence-corrected chi connectivity index (χ2v) is 14.6. The zero-order valence-corrected chi connectivity index (χ0v) is 31.0. The lowest BCUT2D eigenvalue weighted by molar-refractivity contribution is -0.161. The van der Waals surface area contributed by atoms with Crippen molar-refractivity contribution in [1.82, 2.24) is 0 Å². The molecule has 0 aromatic carbocycles. The van der Waals surface area contributed by atoms with Crippen molar-refractivity contribution < 1.29 is 39.5 Å². The van der Waals surface area contributed by atoms with Gasteiger partial charge >= 0.3 is 11.9 Å². The Morgan fingerprint density at radius 3 is 1.92 bits per heavy atom. The number of aliphatic hydroxyl groups excluding tert-OH is 4. The molecule has 7 atom stereocenters. The maximum Gasteiger partial charge on any atom is 0.306 e. The first-order valence-corrected chi connectivity index (χ1v) is 19.9. The molecule has 0 amide bonds. The van der Waals surface area contributed by atoms with Crippen molar-refractivity contribution in [2.45, 2.75) is 199 Å². The molecule has 4 N–H and O–H groups in total. The predicted molar refractivity (Wildman–Crippen MR) is 193 cm³/mol. The minimum absolute atomic E-state index is 0.0362. The molecule has 1 aliphatic rings. The summed E-state index contributed by atoms with van der Waals surface area (Å²) >= 11 is 0. The number of ether oxygens (including phenoxy) is 2. The molecule has 0 saturated heterocycles. The van der Waals surface area contributed by atoms with Crippen molar-refractivity contribution >= 4 is 11.9 Å². The van der Waals surface area contributed by atoms with Gasteiger partial charge in [0.25, 0.3) is 0 Å². The molecule has 282 valence electrons. The van der Waals surface area contributed by atoms with E-state index in [1.165, 1.54) is 57.8 Å². The van der Waals surface area contributed by atoms with Crippen LogP contribution in [0.2, 0.25) is 0 Å². The van der Waals surface area contributed by atoms with Crippen LogP contribution in [0.4, 0.5) is 0 Å². The van der Waals surface area contributed by atoms with Gasteiger partial charge in [0, 0.05) is 25.2 Å². The Labute approximate surface area is 293 Å². The first kappa shape index (κ1) is 44.5. The molecule has 1 unspecified atom stereocenters. The molecule has 8 heteroatoms. The number of unbranched alkanes of at least 4 members (excludes halogenated alkanes) is 14. The normalized spacial score (nSPS) is 21.4. The van der Waals surface area contributed by atoms with E-state index in [-0.39, 0.29) is 30.8 Å². The topological polar surface area (TPSA) is 134 Å². The summed E-state index contributed by atoms with van der Waals surface area (Å²) in [5, 5.41) is 40.8. The molecule has 0 radical (unpaired) electrons. The smallest absolute Gasteiger partial charge is 0.306 e. The molecule has 0 bridgehead atoms. The Morgan fingerprint density at radius 2 is 1.31 bits per heavy atom. The van der Waals surface area contributed by atoms with Crippen molar-refractivity contribution in [3.05, 3.63) is 12.2 Å². The zero-order chi connectivity index (χ0) is 35.4. The van der Waals surface area contributed by atoms with Crippen LogP contribution in [0, 0.1) is 17.8 Å². The number of carbonyl (C=O) groups is 2. The van der Waals surface area contributed by atoms with Gasteiger partial charge in [-0.1, -0.05) is 142 Å². The predicted octanol–water partition coefficient (Wildman–Crippen LogP) is 8.36. The van der Waals surface area contributed by atoms with Crippen LogP contribution in [-0.4, -0.2) is 70.0 Å². The molecule has 0 heterocycles. The minimum atomic E-state index is -0.845. The van der Waals surface area contributed by atoms with Gasteiger partial charge in [-0.15, -0.1) is 0 Å². The molecule has 48 heavy (non-hydrogen) atoms. The first-order chi connectivity index (χ1) is 23.2. The highest BCUT2D eigenvalue weighted by atomic mass is 16.6. The van der Waals surface area contributed by atoms with Crippen LogP contribution < -0.4 is 0 Å². The number of aliphatic hydroxyl groups is 4. The highest BCUT2D eigenvalue weighted by Gasteiger charge is 2.39. The van der Waals surface area contributed by atoms with E-state index in [2.05, 4.69) is 20.8 Å². The lowest BCUT2D eigenvalue weighted by Gasteiger charge is -2.21. The van der Waals surface area contributed by atoms with Crippen LogP contribution in [0.1, 0.15) is 175 Å². The summed E-state index contributed by atoms with van der Waals surface area (Å²) in [6.45, 7) is 6.22. The van der Waals surface area contributed by atoms with E-state index >= 15 is 0 Å². The van der Waals surface area contributed by atoms with Crippen molar-refractivity contribution in [2.24, 2.45) is 17.8 Å². The van der Waals surface area contributed by atoms with Crippen LogP contribution in [0.15, 0.2) is 12.2 Å². The van der Waals surface area contributed by atoms with E-state index in [1.54, 1.807) is 6.08 Å². The lowest BCUT2D eigenvalue weighted by Crippen LogP contribution is -2.28. The van der Waals surface area contributed by atoms with E-state index in [4.69, 9.17) is 9.47 Å². The monoisotopic (exact) mass is 683 g/mol. The quantitative estimate of drug-likeness (QED) is 0.0326. The molecular formula is C40H74O8. The fraction of sp³-hybridized carbons (Fsp3) is 0.900. The fourth-order valence-electron chi connectivity index (χ4n) is 6.74. The van der Waals surface area contributed by atoms with Crippen LogP contribution in [0.3, 0.4) is 0 Å². The number of hydrogen-bond acceptors (Lipinski definition) is 8. The minimum Gasteiger partial charge on any atom is -0.462 e. The van der Waals surface area contributed by atoms with E-state index in [0.717, 1.165) is 70.1 Å². The second kappa shape index (κ2) is 29.3. The second-order valence-electron chi connectivity index (χ2n) is 14.6. The molecular weight excluding hydrogens is 608 g/mol. The van der Waals surface area contributed by atoms with Gasteiger partial charge in [-0.25, -0.2) is 0 Å². The van der Waals surface area contributed by atoms with Gasteiger partial charge in [0.2, 0.25) is 0 Å². The maximum atomic E-state index is 12.3. The van der Waals surface area contributed by atoms with Gasteiger partial charge < -0.3 is 29.9 Å². The summed E-state index contributed by atoms with van der Waals surface area (Å²) < 4.78 is 10.6. The number of carbonyl (C=O) groups excluding carboxylic acids is 2. The average Bonchev–Trinajstić information content (AvgIpc) is 3.34. The van der Waals surface area contributed by atoms with Gasteiger partial charge in [0.1, 0.15) is 6.61 Å². The van der Waals surface area contributed by atoms with E-state index < -0.39 is 37.0 Å². The molecule has 0 spiro atoms. The number of esters is 2. The molecule has 8 nitrogen and oxygen atoms in total. The Bertz CT molecular complexity index is 817. The fourth-order valence-corrected chi connectivity index (χ4v) is 6.74. The third-order valence-electron chi connectivity index (χ3n) is 10.2. The zero-order valence-electron chi connectivity index (χ0n) is 31.0. The molecule has 1 rings (SSSR count). The third kappa shape index (κ3) is 22.3.